The summed E-state index contributed by atoms with van der Waals surface area (Å²) in [4.78, 5) is 17.2. The van der Waals surface area contributed by atoms with E-state index in [1.54, 1.807) is 19.1 Å². The van der Waals surface area contributed by atoms with Gasteiger partial charge in [0.25, 0.3) is 5.91 Å². The molecule has 1 amide bonds. The summed E-state index contributed by atoms with van der Waals surface area (Å²) in [6.45, 7) is 7.25. The number of carbonyl (C=O) groups excluding carboxylic acids is 1. The number of rotatable bonds is 4. The standard InChI is InChI=1S/C21H27FN4O2/c1-15-18(5-2-6-19(15)22)21(27)26-7-3-4-16(14-26)20-17(12-23-24-20)13-25-8-10-28-11-9-25/h2,5-6,12,16H,3-4,7-11,13-14H2,1H3,(H,23,24). The summed E-state index contributed by atoms with van der Waals surface area (Å²) < 4.78 is 19.3. The summed E-state index contributed by atoms with van der Waals surface area (Å²) in [5.74, 6) is -0.193. The van der Waals surface area contributed by atoms with Crippen molar-refractivity contribution in [3.8, 4) is 0 Å². The van der Waals surface area contributed by atoms with Crippen LogP contribution in [0.1, 0.15) is 45.9 Å². The number of carbonyl (C=O) groups is 1. The maximum atomic E-state index is 13.9. The van der Waals surface area contributed by atoms with Gasteiger partial charge >= 0.3 is 0 Å². The van der Waals surface area contributed by atoms with Gasteiger partial charge in [0.15, 0.2) is 0 Å². The summed E-state index contributed by atoms with van der Waals surface area (Å²) in [5, 5.41) is 7.46. The molecular weight excluding hydrogens is 359 g/mol. The molecule has 2 fully saturated rings. The predicted molar refractivity (Wildman–Crippen MR) is 104 cm³/mol. The van der Waals surface area contributed by atoms with Gasteiger partial charge in [-0.15, -0.1) is 0 Å². The molecule has 1 aromatic heterocycles. The molecule has 1 aromatic carbocycles. The molecule has 0 radical (unpaired) electrons. The molecule has 2 aliphatic rings. The molecule has 0 spiro atoms. The van der Waals surface area contributed by atoms with Gasteiger partial charge in [-0.1, -0.05) is 6.07 Å². The highest BCUT2D eigenvalue weighted by Crippen LogP contribution is 2.30. The Bertz CT molecular complexity index is 832. The summed E-state index contributed by atoms with van der Waals surface area (Å²) in [6.07, 6.45) is 3.85. The number of aromatic nitrogens is 2. The topological polar surface area (TPSA) is 61.5 Å². The van der Waals surface area contributed by atoms with Crippen LogP contribution in [0, 0.1) is 12.7 Å². The van der Waals surface area contributed by atoms with Gasteiger partial charge < -0.3 is 9.64 Å². The van der Waals surface area contributed by atoms with E-state index in [2.05, 4.69) is 15.1 Å². The Kier molecular flexibility index (Phi) is 5.73. The van der Waals surface area contributed by atoms with Gasteiger partial charge in [-0.05, 0) is 37.5 Å². The van der Waals surface area contributed by atoms with Crippen LogP contribution in [0.5, 0.6) is 0 Å². The van der Waals surface area contributed by atoms with E-state index in [4.69, 9.17) is 4.74 Å². The molecule has 6 nitrogen and oxygen atoms in total. The number of piperidine rings is 1. The molecule has 4 rings (SSSR count). The van der Waals surface area contributed by atoms with Crippen LogP contribution >= 0.6 is 0 Å². The van der Waals surface area contributed by atoms with Gasteiger partial charge in [0.2, 0.25) is 0 Å². The number of nitrogens with zero attached hydrogens (tertiary/aromatic N) is 3. The Morgan fingerprint density at radius 1 is 1.32 bits per heavy atom. The number of likely N-dealkylation sites (tertiary alicyclic amines) is 1. The number of halogens is 1. The van der Waals surface area contributed by atoms with E-state index in [0.717, 1.165) is 51.4 Å². The third-order valence-corrected chi connectivity index (χ3v) is 5.86. The van der Waals surface area contributed by atoms with E-state index in [0.29, 0.717) is 24.2 Å². The second-order valence-electron chi connectivity index (χ2n) is 7.70. The van der Waals surface area contributed by atoms with Crippen LogP contribution in [0.3, 0.4) is 0 Å². The molecule has 1 atom stereocenters. The van der Waals surface area contributed by atoms with E-state index in [-0.39, 0.29) is 17.6 Å². The summed E-state index contributed by atoms with van der Waals surface area (Å²) in [6, 6.07) is 4.71. The molecule has 7 heteroatoms. The first-order chi connectivity index (χ1) is 13.6. The molecule has 0 bridgehead atoms. The van der Waals surface area contributed by atoms with Crippen molar-refractivity contribution in [1.29, 1.82) is 0 Å². The lowest BCUT2D eigenvalue weighted by molar-refractivity contribution is 0.0339. The van der Waals surface area contributed by atoms with E-state index >= 15 is 0 Å². The minimum atomic E-state index is -0.333. The molecule has 1 N–H and O–H groups in total. The minimum Gasteiger partial charge on any atom is -0.379 e. The Balaban J connectivity index is 1.48. The number of nitrogens with one attached hydrogen (secondary N) is 1. The molecule has 2 aliphatic heterocycles. The Morgan fingerprint density at radius 3 is 2.96 bits per heavy atom. The number of ether oxygens (including phenoxy) is 1. The van der Waals surface area contributed by atoms with Crippen LogP contribution in [0.2, 0.25) is 0 Å². The number of aromatic amines is 1. The quantitative estimate of drug-likeness (QED) is 0.878. The molecular formula is C21H27FN4O2. The van der Waals surface area contributed by atoms with Crippen molar-refractivity contribution in [2.45, 2.75) is 32.2 Å². The third-order valence-electron chi connectivity index (χ3n) is 5.86. The van der Waals surface area contributed by atoms with Gasteiger partial charge in [-0.3, -0.25) is 14.8 Å². The number of morpholine rings is 1. The Morgan fingerprint density at radius 2 is 2.14 bits per heavy atom. The number of hydrogen-bond acceptors (Lipinski definition) is 4. The van der Waals surface area contributed by atoms with E-state index < -0.39 is 0 Å². The van der Waals surface area contributed by atoms with Crippen molar-refractivity contribution in [2.75, 3.05) is 39.4 Å². The first-order valence-electron chi connectivity index (χ1n) is 10.00. The molecule has 0 saturated carbocycles. The van der Waals surface area contributed by atoms with E-state index in [1.807, 2.05) is 11.1 Å². The van der Waals surface area contributed by atoms with Gasteiger partial charge in [-0.25, -0.2) is 4.39 Å². The zero-order valence-electron chi connectivity index (χ0n) is 16.3. The first-order valence-corrected chi connectivity index (χ1v) is 10.00. The van der Waals surface area contributed by atoms with Crippen LogP contribution in [0.15, 0.2) is 24.4 Å². The molecule has 3 heterocycles. The number of H-pyrrole nitrogens is 1. The summed E-state index contributed by atoms with van der Waals surface area (Å²) >= 11 is 0. The van der Waals surface area contributed by atoms with Crippen LogP contribution in [0.4, 0.5) is 4.39 Å². The monoisotopic (exact) mass is 386 g/mol. The van der Waals surface area contributed by atoms with Crippen LogP contribution < -0.4 is 0 Å². The lowest BCUT2D eigenvalue weighted by Gasteiger charge is -2.33. The molecule has 150 valence electrons. The maximum absolute atomic E-state index is 13.9. The first kappa shape index (κ1) is 19.1. The van der Waals surface area contributed by atoms with Gasteiger partial charge in [-0.2, -0.15) is 5.10 Å². The smallest absolute Gasteiger partial charge is 0.254 e. The highest BCUT2D eigenvalue weighted by atomic mass is 19.1. The molecule has 0 aliphatic carbocycles. The number of benzene rings is 1. The highest BCUT2D eigenvalue weighted by molar-refractivity contribution is 5.95. The highest BCUT2D eigenvalue weighted by Gasteiger charge is 2.29. The van der Waals surface area contributed by atoms with Crippen molar-refractivity contribution in [1.82, 2.24) is 20.0 Å². The van der Waals surface area contributed by atoms with Crippen molar-refractivity contribution in [3.63, 3.8) is 0 Å². The number of hydrogen-bond donors (Lipinski definition) is 1. The summed E-state index contributed by atoms with van der Waals surface area (Å²) in [7, 11) is 0. The van der Waals surface area contributed by atoms with E-state index in [9.17, 15) is 9.18 Å². The fourth-order valence-corrected chi connectivity index (χ4v) is 4.21. The fourth-order valence-electron chi connectivity index (χ4n) is 4.21. The molecule has 2 aromatic rings. The van der Waals surface area contributed by atoms with Crippen molar-refractivity contribution in [3.05, 3.63) is 52.6 Å². The normalized spacial score (nSPS) is 21.1. The van der Waals surface area contributed by atoms with Crippen molar-refractivity contribution < 1.29 is 13.9 Å². The van der Waals surface area contributed by atoms with Crippen molar-refractivity contribution in [2.24, 2.45) is 0 Å². The van der Waals surface area contributed by atoms with Gasteiger partial charge in [0, 0.05) is 55.5 Å². The zero-order chi connectivity index (χ0) is 19.5. The van der Waals surface area contributed by atoms with Crippen LogP contribution in [0.25, 0.3) is 0 Å². The van der Waals surface area contributed by atoms with Crippen LogP contribution in [-0.4, -0.2) is 65.3 Å². The van der Waals surface area contributed by atoms with Crippen LogP contribution in [-0.2, 0) is 11.3 Å². The second kappa shape index (κ2) is 8.41. The Labute approximate surface area is 164 Å². The predicted octanol–water partition coefficient (Wildman–Crippen LogP) is 2.71. The molecule has 1 unspecified atom stereocenters. The Hall–Kier alpha value is -2.25. The largest absolute Gasteiger partial charge is 0.379 e. The van der Waals surface area contributed by atoms with Gasteiger partial charge in [0.05, 0.1) is 19.4 Å². The SMILES string of the molecule is Cc1c(F)cccc1C(=O)N1CCCC(c2[nH]ncc2CN2CCOCC2)C1. The van der Waals surface area contributed by atoms with E-state index in [1.165, 1.54) is 11.6 Å². The second-order valence-corrected chi connectivity index (χ2v) is 7.70. The average Bonchev–Trinajstić information content (AvgIpc) is 3.18. The average molecular weight is 386 g/mol. The fraction of sp³-hybridized carbons (Fsp3) is 0.524. The lowest BCUT2D eigenvalue weighted by atomic mass is 9.91. The molecule has 28 heavy (non-hydrogen) atoms. The molecule has 2 saturated heterocycles. The van der Waals surface area contributed by atoms with Gasteiger partial charge in [0.1, 0.15) is 5.82 Å². The zero-order valence-corrected chi connectivity index (χ0v) is 16.3. The third kappa shape index (κ3) is 3.95. The minimum absolute atomic E-state index is 0.0871. The summed E-state index contributed by atoms with van der Waals surface area (Å²) in [5.41, 5.74) is 3.20. The lowest BCUT2D eigenvalue weighted by Crippen LogP contribution is -2.40. The number of amides is 1. The maximum Gasteiger partial charge on any atom is 0.254 e. The van der Waals surface area contributed by atoms with Crippen molar-refractivity contribution >= 4 is 5.91 Å².